The molecule has 2 rings (SSSR count). The normalized spacial score (nSPS) is 10.1. The highest BCUT2D eigenvalue weighted by molar-refractivity contribution is 6.29. The van der Waals surface area contributed by atoms with Crippen LogP contribution in [0.5, 0.6) is 0 Å². The second kappa shape index (κ2) is 4.41. The van der Waals surface area contributed by atoms with Crippen molar-refractivity contribution in [3.63, 3.8) is 0 Å². The Bertz CT molecular complexity index is 497. The van der Waals surface area contributed by atoms with Crippen molar-refractivity contribution < 1.29 is 0 Å². The number of rotatable bonds is 2. The number of nitrogens with zero attached hydrogens (tertiary/aromatic N) is 1. The van der Waals surface area contributed by atoms with Crippen LogP contribution in [-0.2, 0) is 0 Å². The van der Waals surface area contributed by atoms with Gasteiger partial charge in [-0.05, 0) is 30.7 Å². The molecule has 0 spiro atoms. The number of benzene rings is 1. The van der Waals surface area contributed by atoms with E-state index >= 15 is 0 Å². The summed E-state index contributed by atoms with van der Waals surface area (Å²) in [5.41, 5.74) is 8.38. The van der Waals surface area contributed by atoms with Crippen LogP contribution in [0.3, 0.4) is 0 Å². The first kappa shape index (κ1) is 10.8. The summed E-state index contributed by atoms with van der Waals surface area (Å²) in [6, 6.07) is 11.5. The van der Waals surface area contributed by atoms with Gasteiger partial charge in [0.15, 0.2) is 5.82 Å². The van der Waals surface area contributed by atoms with Gasteiger partial charge in [-0.1, -0.05) is 29.8 Å². The van der Waals surface area contributed by atoms with Gasteiger partial charge in [0.05, 0.1) is 5.69 Å². The molecule has 3 nitrogen and oxygen atoms in total. The lowest BCUT2D eigenvalue weighted by molar-refractivity contribution is 1.28. The molecular formula is C12H12ClN3. The van der Waals surface area contributed by atoms with Gasteiger partial charge in [0.1, 0.15) is 5.15 Å². The smallest absolute Gasteiger partial charge is 0.155 e. The Kier molecular flexibility index (Phi) is 2.97. The van der Waals surface area contributed by atoms with Gasteiger partial charge in [0.2, 0.25) is 0 Å². The lowest BCUT2D eigenvalue weighted by Gasteiger charge is -2.10. The Morgan fingerprint density at radius 1 is 1.25 bits per heavy atom. The molecule has 0 amide bonds. The summed E-state index contributed by atoms with van der Waals surface area (Å²) in [4.78, 5) is 4.16. The molecule has 1 aromatic carbocycles. The van der Waals surface area contributed by atoms with Gasteiger partial charge in [0, 0.05) is 5.69 Å². The minimum absolute atomic E-state index is 0.435. The molecule has 4 heteroatoms. The molecule has 2 aromatic rings. The Morgan fingerprint density at radius 3 is 2.62 bits per heavy atom. The maximum absolute atomic E-state index is 5.92. The summed E-state index contributed by atoms with van der Waals surface area (Å²) in [6.07, 6.45) is 0. The van der Waals surface area contributed by atoms with Crippen LogP contribution in [0.1, 0.15) is 5.56 Å². The van der Waals surface area contributed by atoms with Gasteiger partial charge in [-0.15, -0.1) is 0 Å². The second-order valence-electron chi connectivity index (χ2n) is 3.52. The molecule has 0 aliphatic heterocycles. The van der Waals surface area contributed by atoms with Crippen LogP contribution in [0.15, 0.2) is 36.4 Å². The number of pyridine rings is 1. The molecule has 0 unspecified atom stereocenters. The van der Waals surface area contributed by atoms with Crippen molar-refractivity contribution in [1.29, 1.82) is 0 Å². The molecule has 0 atom stereocenters. The monoisotopic (exact) mass is 233 g/mol. The molecule has 0 radical (unpaired) electrons. The minimum atomic E-state index is 0.435. The highest BCUT2D eigenvalue weighted by Gasteiger charge is 2.06. The van der Waals surface area contributed by atoms with Gasteiger partial charge < -0.3 is 11.1 Å². The molecule has 1 heterocycles. The Hall–Kier alpha value is -1.74. The topological polar surface area (TPSA) is 50.9 Å². The van der Waals surface area contributed by atoms with Gasteiger partial charge in [-0.2, -0.15) is 0 Å². The number of nitrogens with two attached hydrogens (primary N) is 1. The molecule has 16 heavy (non-hydrogen) atoms. The highest BCUT2D eigenvalue weighted by Crippen LogP contribution is 2.26. The van der Waals surface area contributed by atoms with Crippen molar-refractivity contribution in [2.75, 3.05) is 11.1 Å². The fourth-order valence-electron chi connectivity index (χ4n) is 1.40. The van der Waals surface area contributed by atoms with Crippen molar-refractivity contribution in [3.05, 3.63) is 47.1 Å². The first-order valence-corrected chi connectivity index (χ1v) is 5.29. The zero-order valence-corrected chi connectivity index (χ0v) is 9.62. The van der Waals surface area contributed by atoms with Crippen LogP contribution in [0.4, 0.5) is 17.2 Å². The molecule has 0 fully saturated rings. The molecular weight excluding hydrogens is 222 g/mol. The Morgan fingerprint density at radius 2 is 1.94 bits per heavy atom. The molecule has 0 bridgehead atoms. The maximum atomic E-state index is 5.92. The average molecular weight is 234 g/mol. The van der Waals surface area contributed by atoms with Gasteiger partial charge >= 0.3 is 0 Å². The number of hydrogen-bond acceptors (Lipinski definition) is 3. The Balaban J connectivity index is 2.35. The lowest BCUT2D eigenvalue weighted by atomic mass is 10.2. The minimum Gasteiger partial charge on any atom is -0.396 e. The molecule has 0 aliphatic rings. The molecule has 0 saturated heterocycles. The fourth-order valence-corrected chi connectivity index (χ4v) is 1.64. The zero-order chi connectivity index (χ0) is 11.5. The number of nitrogens with one attached hydrogen (secondary N) is 1. The highest BCUT2D eigenvalue weighted by atomic mass is 35.5. The lowest BCUT2D eigenvalue weighted by Crippen LogP contribution is -2.01. The number of hydrogen-bond donors (Lipinski definition) is 2. The van der Waals surface area contributed by atoms with E-state index in [1.165, 1.54) is 0 Å². The number of para-hydroxylation sites is 1. The van der Waals surface area contributed by atoms with E-state index in [0.29, 0.717) is 16.7 Å². The van der Waals surface area contributed by atoms with Gasteiger partial charge in [0.25, 0.3) is 0 Å². The van der Waals surface area contributed by atoms with Gasteiger partial charge in [-0.3, -0.25) is 0 Å². The SMILES string of the molecule is Cc1cc(Cl)nc(Nc2ccccc2)c1N. The van der Waals surface area contributed by atoms with Crippen LogP contribution in [0.25, 0.3) is 0 Å². The summed E-state index contributed by atoms with van der Waals surface area (Å²) < 4.78 is 0. The fraction of sp³-hybridized carbons (Fsp3) is 0.0833. The van der Waals surface area contributed by atoms with E-state index in [0.717, 1.165) is 11.3 Å². The standard InChI is InChI=1S/C12H12ClN3/c1-8-7-10(13)16-12(11(8)14)15-9-5-3-2-4-6-9/h2-7H,14H2,1H3,(H,15,16). The molecule has 1 aromatic heterocycles. The number of aromatic nitrogens is 1. The molecule has 0 aliphatic carbocycles. The van der Waals surface area contributed by atoms with Crippen LogP contribution in [0, 0.1) is 6.92 Å². The van der Waals surface area contributed by atoms with E-state index in [-0.39, 0.29) is 0 Å². The van der Waals surface area contributed by atoms with Crippen LogP contribution >= 0.6 is 11.6 Å². The van der Waals surface area contributed by atoms with Crippen LogP contribution in [0.2, 0.25) is 5.15 Å². The van der Waals surface area contributed by atoms with E-state index in [9.17, 15) is 0 Å². The van der Waals surface area contributed by atoms with Crippen LogP contribution in [-0.4, -0.2) is 4.98 Å². The zero-order valence-electron chi connectivity index (χ0n) is 8.87. The summed E-state index contributed by atoms with van der Waals surface area (Å²) in [5, 5.41) is 3.57. The molecule has 82 valence electrons. The van der Waals surface area contributed by atoms with E-state index < -0.39 is 0 Å². The molecule has 0 saturated carbocycles. The summed E-state index contributed by atoms with van der Waals surface area (Å²) >= 11 is 5.88. The summed E-state index contributed by atoms with van der Waals surface area (Å²) in [5.74, 6) is 0.594. The third kappa shape index (κ3) is 2.25. The third-order valence-corrected chi connectivity index (χ3v) is 2.46. The largest absolute Gasteiger partial charge is 0.396 e. The van der Waals surface area contributed by atoms with Crippen molar-refractivity contribution in [3.8, 4) is 0 Å². The third-order valence-electron chi connectivity index (χ3n) is 2.27. The first-order valence-electron chi connectivity index (χ1n) is 4.91. The van der Waals surface area contributed by atoms with Crippen molar-refractivity contribution in [2.45, 2.75) is 6.92 Å². The predicted molar refractivity (Wildman–Crippen MR) is 68.1 cm³/mol. The van der Waals surface area contributed by atoms with Crippen molar-refractivity contribution >= 4 is 28.8 Å². The number of halogens is 1. The number of aryl methyl sites for hydroxylation is 1. The average Bonchev–Trinajstić information content (AvgIpc) is 2.27. The van der Waals surface area contributed by atoms with E-state index in [2.05, 4.69) is 10.3 Å². The second-order valence-corrected chi connectivity index (χ2v) is 3.90. The summed E-state index contributed by atoms with van der Waals surface area (Å²) in [7, 11) is 0. The summed E-state index contributed by atoms with van der Waals surface area (Å²) in [6.45, 7) is 1.90. The van der Waals surface area contributed by atoms with Crippen molar-refractivity contribution in [1.82, 2.24) is 4.98 Å². The quantitative estimate of drug-likeness (QED) is 0.782. The number of anilines is 3. The Labute approximate surface area is 99.3 Å². The predicted octanol–water partition coefficient (Wildman–Crippen LogP) is 3.37. The number of nitrogen functional groups attached to an aromatic ring is 1. The first-order chi connectivity index (χ1) is 7.66. The van der Waals surface area contributed by atoms with Gasteiger partial charge in [-0.25, -0.2) is 4.98 Å². The van der Waals surface area contributed by atoms with E-state index in [4.69, 9.17) is 17.3 Å². The maximum Gasteiger partial charge on any atom is 0.155 e. The van der Waals surface area contributed by atoms with Crippen LogP contribution < -0.4 is 11.1 Å². The molecule has 3 N–H and O–H groups in total. The van der Waals surface area contributed by atoms with Crippen molar-refractivity contribution in [2.24, 2.45) is 0 Å². The van der Waals surface area contributed by atoms with E-state index in [1.54, 1.807) is 6.07 Å². The van der Waals surface area contributed by atoms with E-state index in [1.807, 2.05) is 37.3 Å².